The Morgan fingerprint density at radius 1 is 0.806 bits per heavy atom. The van der Waals surface area contributed by atoms with Crippen LogP contribution in [0, 0.1) is 0 Å². The SMILES string of the molecule is O=C(CN1CCN(C(=O)OCc2ccccc2)CC1)ON1C(=O)c2ccccc2C1=O. The molecule has 2 aliphatic heterocycles. The van der Waals surface area contributed by atoms with Crippen LogP contribution in [0.3, 0.4) is 0 Å². The fourth-order valence-corrected chi connectivity index (χ4v) is 3.46. The average molecular weight is 423 g/mol. The summed E-state index contributed by atoms with van der Waals surface area (Å²) in [7, 11) is 0. The third-order valence-corrected chi connectivity index (χ3v) is 5.14. The number of carbonyl (C=O) groups excluding carboxylic acids is 4. The first-order valence-corrected chi connectivity index (χ1v) is 9.89. The number of fused-ring (bicyclic) bond motifs is 1. The van der Waals surface area contributed by atoms with Gasteiger partial charge in [0.15, 0.2) is 0 Å². The van der Waals surface area contributed by atoms with Crippen LogP contribution in [0.25, 0.3) is 0 Å². The summed E-state index contributed by atoms with van der Waals surface area (Å²) in [5.74, 6) is -2.02. The van der Waals surface area contributed by atoms with Crippen LogP contribution >= 0.6 is 0 Å². The molecule has 9 heteroatoms. The van der Waals surface area contributed by atoms with Crippen molar-refractivity contribution >= 4 is 23.9 Å². The van der Waals surface area contributed by atoms with Crippen LogP contribution in [0.15, 0.2) is 54.6 Å². The van der Waals surface area contributed by atoms with Crippen LogP contribution < -0.4 is 0 Å². The van der Waals surface area contributed by atoms with Gasteiger partial charge in [0.1, 0.15) is 6.61 Å². The summed E-state index contributed by atoms with van der Waals surface area (Å²) in [5.41, 5.74) is 1.33. The van der Waals surface area contributed by atoms with E-state index in [1.54, 1.807) is 21.9 Å². The Morgan fingerprint density at radius 3 is 2.00 bits per heavy atom. The second-order valence-corrected chi connectivity index (χ2v) is 7.22. The van der Waals surface area contributed by atoms with E-state index in [-0.39, 0.29) is 24.3 Å². The molecule has 0 atom stereocenters. The molecular formula is C22H21N3O6. The van der Waals surface area contributed by atoms with Crippen molar-refractivity contribution in [3.63, 3.8) is 0 Å². The molecule has 0 N–H and O–H groups in total. The van der Waals surface area contributed by atoms with E-state index in [1.165, 1.54) is 12.1 Å². The number of imide groups is 1. The Bertz CT molecular complexity index is 966. The fraction of sp³-hybridized carbons (Fsp3) is 0.273. The van der Waals surface area contributed by atoms with Crippen molar-refractivity contribution in [1.82, 2.24) is 14.9 Å². The van der Waals surface area contributed by atoms with E-state index in [1.807, 2.05) is 30.3 Å². The standard InChI is InChI=1S/C22H21N3O6/c26-19(31-25-20(27)17-8-4-5-9-18(17)21(25)28)14-23-10-12-24(13-11-23)22(29)30-15-16-6-2-1-3-7-16/h1-9H,10-15H2. The summed E-state index contributed by atoms with van der Waals surface area (Å²) in [6.07, 6.45) is -0.405. The number of piperazine rings is 1. The summed E-state index contributed by atoms with van der Waals surface area (Å²) in [6.45, 7) is 1.78. The Morgan fingerprint density at radius 2 is 1.39 bits per heavy atom. The number of benzene rings is 2. The minimum atomic E-state index is -0.713. The molecule has 3 amide bonds. The quantitative estimate of drug-likeness (QED) is 0.676. The molecule has 1 saturated heterocycles. The van der Waals surface area contributed by atoms with E-state index < -0.39 is 23.9 Å². The highest BCUT2D eigenvalue weighted by Crippen LogP contribution is 2.22. The minimum absolute atomic E-state index is 0.0969. The van der Waals surface area contributed by atoms with Gasteiger partial charge in [-0.2, -0.15) is 0 Å². The van der Waals surface area contributed by atoms with Gasteiger partial charge in [0.2, 0.25) is 0 Å². The molecule has 0 aliphatic carbocycles. The lowest BCUT2D eigenvalue weighted by atomic mass is 10.1. The Kier molecular flexibility index (Phi) is 5.94. The first-order valence-electron chi connectivity index (χ1n) is 9.89. The molecule has 2 aromatic rings. The second-order valence-electron chi connectivity index (χ2n) is 7.22. The van der Waals surface area contributed by atoms with Gasteiger partial charge in [0, 0.05) is 26.2 Å². The zero-order valence-electron chi connectivity index (χ0n) is 16.7. The van der Waals surface area contributed by atoms with Crippen molar-refractivity contribution in [3.8, 4) is 0 Å². The molecule has 0 spiro atoms. The number of hydrogen-bond donors (Lipinski definition) is 0. The number of ether oxygens (including phenoxy) is 1. The predicted molar refractivity (Wildman–Crippen MR) is 108 cm³/mol. The first-order chi connectivity index (χ1) is 15.0. The van der Waals surface area contributed by atoms with Crippen molar-refractivity contribution in [2.45, 2.75) is 6.61 Å². The molecule has 2 heterocycles. The highest BCUT2D eigenvalue weighted by atomic mass is 16.7. The molecule has 4 rings (SSSR count). The molecule has 0 radical (unpaired) electrons. The van der Waals surface area contributed by atoms with Gasteiger partial charge in [-0.05, 0) is 17.7 Å². The molecule has 0 bridgehead atoms. The Hall–Kier alpha value is -3.72. The fourth-order valence-electron chi connectivity index (χ4n) is 3.46. The molecule has 2 aliphatic rings. The van der Waals surface area contributed by atoms with Gasteiger partial charge in [-0.3, -0.25) is 14.5 Å². The van der Waals surface area contributed by atoms with Crippen molar-refractivity contribution in [2.24, 2.45) is 0 Å². The molecule has 160 valence electrons. The van der Waals surface area contributed by atoms with E-state index in [0.29, 0.717) is 31.2 Å². The van der Waals surface area contributed by atoms with Crippen LogP contribution in [0.4, 0.5) is 4.79 Å². The maximum atomic E-state index is 12.3. The van der Waals surface area contributed by atoms with Gasteiger partial charge in [-0.25, -0.2) is 9.59 Å². The van der Waals surface area contributed by atoms with E-state index in [0.717, 1.165) is 5.56 Å². The van der Waals surface area contributed by atoms with E-state index in [9.17, 15) is 19.2 Å². The first kappa shape index (κ1) is 20.5. The molecular weight excluding hydrogens is 402 g/mol. The zero-order chi connectivity index (χ0) is 21.8. The molecule has 0 aromatic heterocycles. The number of hydroxylamine groups is 2. The van der Waals surface area contributed by atoms with E-state index in [2.05, 4.69) is 0 Å². The molecule has 2 aromatic carbocycles. The lowest BCUT2D eigenvalue weighted by Crippen LogP contribution is -2.50. The second kappa shape index (κ2) is 8.97. The van der Waals surface area contributed by atoms with Gasteiger partial charge in [0.25, 0.3) is 11.8 Å². The van der Waals surface area contributed by atoms with Crippen molar-refractivity contribution in [2.75, 3.05) is 32.7 Å². The number of hydrogen-bond acceptors (Lipinski definition) is 7. The number of carbonyl (C=O) groups is 4. The third kappa shape index (κ3) is 4.56. The van der Waals surface area contributed by atoms with Crippen LogP contribution in [0.2, 0.25) is 0 Å². The molecule has 31 heavy (non-hydrogen) atoms. The monoisotopic (exact) mass is 423 g/mol. The van der Waals surface area contributed by atoms with Crippen LogP contribution in [-0.4, -0.2) is 71.5 Å². The topological polar surface area (TPSA) is 96.5 Å². The smallest absolute Gasteiger partial charge is 0.410 e. The lowest BCUT2D eigenvalue weighted by molar-refractivity contribution is -0.170. The largest absolute Gasteiger partial charge is 0.445 e. The number of nitrogens with zero attached hydrogens (tertiary/aromatic N) is 3. The highest BCUT2D eigenvalue weighted by Gasteiger charge is 2.38. The van der Waals surface area contributed by atoms with Crippen LogP contribution in [0.5, 0.6) is 0 Å². The predicted octanol–water partition coefficient (Wildman–Crippen LogP) is 1.70. The van der Waals surface area contributed by atoms with Crippen molar-refractivity contribution in [1.29, 1.82) is 0 Å². The minimum Gasteiger partial charge on any atom is -0.445 e. The molecule has 1 fully saturated rings. The Balaban J connectivity index is 1.22. The summed E-state index contributed by atoms with van der Waals surface area (Å²) in [6, 6.07) is 15.7. The van der Waals surface area contributed by atoms with Gasteiger partial charge in [-0.1, -0.05) is 47.5 Å². The summed E-state index contributed by atoms with van der Waals surface area (Å²) in [5, 5.41) is 0.504. The normalized spacial score (nSPS) is 16.3. The zero-order valence-corrected chi connectivity index (χ0v) is 16.7. The third-order valence-electron chi connectivity index (χ3n) is 5.14. The van der Waals surface area contributed by atoms with E-state index in [4.69, 9.17) is 9.57 Å². The maximum Gasteiger partial charge on any atom is 0.410 e. The number of rotatable bonds is 5. The van der Waals surface area contributed by atoms with Gasteiger partial charge in [0.05, 0.1) is 17.7 Å². The molecule has 9 nitrogen and oxygen atoms in total. The lowest BCUT2D eigenvalue weighted by Gasteiger charge is -2.33. The van der Waals surface area contributed by atoms with Gasteiger partial charge >= 0.3 is 12.1 Å². The number of amides is 3. The van der Waals surface area contributed by atoms with Crippen molar-refractivity contribution in [3.05, 3.63) is 71.3 Å². The van der Waals surface area contributed by atoms with Crippen LogP contribution in [0.1, 0.15) is 26.3 Å². The van der Waals surface area contributed by atoms with Crippen molar-refractivity contribution < 1.29 is 28.8 Å². The maximum absolute atomic E-state index is 12.3. The van der Waals surface area contributed by atoms with E-state index >= 15 is 0 Å². The molecule has 0 saturated carbocycles. The summed E-state index contributed by atoms with van der Waals surface area (Å²) < 4.78 is 5.32. The Labute approximate surface area is 178 Å². The highest BCUT2D eigenvalue weighted by molar-refractivity contribution is 6.20. The summed E-state index contributed by atoms with van der Waals surface area (Å²) in [4.78, 5) is 57.4. The van der Waals surface area contributed by atoms with Crippen LogP contribution in [-0.2, 0) is 21.0 Å². The average Bonchev–Trinajstić information content (AvgIpc) is 3.03. The van der Waals surface area contributed by atoms with Gasteiger partial charge in [-0.15, -0.1) is 0 Å². The van der Waals surface area contributed by atoms with Gasteiger partial charge < -0.3 is 14.5 Å². The summed E-state index contributed by atoms with van der Waals surface area (Å²) >= 11 is 0. The molecule has 0 unspecified atom stereocenters.